The quantitative estimate of drug-likeness (QED) is 0.642. The molecule has 1 aromatic rings. The molecule has 0 aromatic heterocycles. The van der Waals surface area contributed by atoms with Crippen LogP contribution in [0.5, 0.6) is 0 Å². The van der Waals surface area contributed by atoms with Crippen molar-refractivity contribution in [2.45, 2.75) is 0 Å². The van der Waals surface area contributed by atoms with E-state index in [9.17, 15) is 9.18 Å². The molecule has 0 spiro atoms. The number of carboxylic acids is 1. The molecule has 4 heteroatoms. The van der Waals surface area contributed by atoms with E-state index in [1.807, 2.05) is 0 Å². The van der Waals surface area contributed by atoms with Crippen LogP contribution in [0.1, 0.15) is 15.9 Å². The molecule has 0 heterocycles. The van der Waals surface area contributed by atoms with E-state index >= 15 is 0 Å². The van der Waals surface area contributed by atoms with Crippen LogP contribution in [0.25, 0.3) is 5.57 Å². The zero-order chi connectivity index (χ0) is 12.8. The minimum Gasteiger partial charge on any atom is -0.478 e. The molecule has 0 saturated carbocycles. The zero-order valence-corrected chi connectivity index (χ0v) is 9.35. The molecule has 1 N–H and O–H groups in total. The number of hydrogen-bond donors (Lipinski definition) is 1. The Balaban J connectivity index is 3.20. The van der Waals surface area contributed by atoms with E-state index in [0.29, 0.717) is 11.1 Å². The number of carbonyl (C=O) groups is 1. The molecule has 0 bridgehead atoms. The van der Waals surface area contributed by atoms with Crippen molar-refractivity contribution in [2.75, 3.05) is 7.05 Å². The first-order valence-corrected chi connectivity index (χ1v) is 4.88. The van der Waals surface area contributed by atoms with Crippen molar-refractivity contribution in [1.82, 2.24) is 0 Å². The second-order valence-corrected chi connectivity index (χ2v) is 3.23. The maximum atomic E-state index is 13.4. The zero-order valence-electron chi connectivity index (χ0n) is 9.35. The third kappa shape index (κ3) is 3.11. The molecule has 0 unspecified atom stereocenters. The van der Waals surface area contributed by atoms with Gasteiger partial charge in [0.1, 0.15) is 5.82 Å². The third-order valence-corrected chi connectivity index (χ3v) is 2.16. The summed E-state index contributed by atoms with van der Waals surface area (Å²) in [5.41, 5.74) is 0.884. The molecule has 0 amide bonds. The van der Waals surface area contributed by atoms with Gasteiger partial charge >= 0.3 is 5.97 Å². The highest BCUT2D eigenvalue weighted by Gasteiger charge is 2.10. The molecule has 0 aliphatic carbocycles. The molecule has 0 radical (unpaired) electrons. The molecular weight excluding hydrogens is 221 g/mol. The normalized spacial score (nSPS) is 11.8. The number of allylic oxidation sites excluding steroid dienone is 3. The number of rotatable bonds is 4. The predicted octanol–water partition coefficient (Wildman–Crippen LogP) is 2.79. The average Bonchev–Trinajstić information content (AvgIpc) is 2.29. The van der Waals surface area contributed by atoms with Gasteiger partial charge in [-0.25, -0.2) is 9.18 Å². The summed E-state index contributed by atoms with van der Waals surface area (Å²) in [4.78, 5) is 14.4. The Morgan fingerprint density at radius 3 is 2.71 bits per heavy atom. The van der Waals surface area contributed by atoms with Gasteiger partial charge in [-0.1, -0.05) is 18.7 Å². The van der Waals surface area contributed by atoms with Crippen molar-refractivity contribution in [3.63, 3.8) is 0 Å². The summed E-state index contributed by atoms with van der Waals surface area (Å²) in [6, 6.07) is 3.93. The second-order valence-electron chi connectivity index (χ2n) is 3.23. The molecule has 1 aromatic carbocycles. The van der Waals surface area contributed by atoms with Crippen LogP contribution in [-0.4, -0.2) is 24.3 Å². The van der Waals surface area contributed by atoms with Crippen LogP contribution < -0.4 is 0 Å². The number of benzene rings is 1. The van der Waals surface area contributed by atoms with Crippen LogP contribution in [0.15, 0.2) is 41.9 Å². The van der Waals surface area contributed by atoms with Crippen molar-refractivity contribution >= 4 is 17.8 Å². The minimum atomic E-state index is -1.28. The SMILES string of the molecule is C=C/C(=C\C=NC)c1ccc(C(=O)O)c(F)c1. The van der Waals surface area contributed by atoms with Crippen LogP contribution in [0.3, 0.4) is 0 Å². The highest BCUT2D eigenvalue weighted by molar-refractivity contribution is 5.91. The lowest BCUT2D eigenvalue weighted by Crippen LogP contribution is -2.00. The fourth-order valence-corrected chi connectivity index (χ4v) is 1.31. The van der Waals surface area contributed by atoms with E-state index in [1.165, 1.54) is 18.2 Å². The Morgan fingerprint density at radius 2 is 2.24 bits per heavy atom. The van der Waals surface area contributed by atoms with Gasteiger partial charge in [0.2, 0.25) is 0 Å². The van der Waals surface area contributed by atoms with Crippen LogP contribution in [0.2, 0.25) is 0 Å². The van der Waals surface area contributed by atoms with Gasteiger partial charge < -0.3 is 5.11 Å². The van der Waals surface area contributed by atoms with Gasteiger partial charge in [0.15, 0.2) is 0 Å². The molecule has 0 aliphatic heterocycles. The first-order chi connectivity index (χ1) is 8.10. The van der Waals surface area contributed by atoms with Crippen molar-refractivity contribution in [1.29, 1.82) is 0 Å². The van der Waals surface area contributed by atoms with E-state index < -0.39 is 11.8 Å². The molecule has 17 heavy (non-hydrogen) atoms. The van der Waals surface area contributed by atoms with Gasteiger partial charge in [0.25, 0.3) is 0 Å². The summed E-state index contributed by atoms with van der Waals surface area (Å²) in [6.45, 7) is 3.61. The molecule has 0 aliphatic rings. The summed E-state index contributed by atoms with van der Waals surface area (Å²) >= 11 is 0. The van der Waals surface area contributed by atoms with Crippen LogP contribution in [0.4, 0.5) is 4.39 Å². The monoisotopic (exact) mass is 233 g/mol. The molecule has 0 atom stereocenters. The Morgan fingerprint density at radius 1 is 1.53 bits per heavy atom. The predicted molar refractivity (Wildman–Crippen MR) is 65.9 cm³/mol. The van der Waals surface area contributed by atoms with E-state index in [0.717, 1.165) is 0 Å². The number of carboxylic acid groups (broad SMARTS) is 1. The average molecular weight is 233 g/mol. The summed E-state index contributed by atoms with van der Waals surface area (Å²) in [5.74, 6) is -2.05. The van der Waals surface area contributed by atoms with Crippen molar-refractivity contribution in [3.05, 3.63) is 53.9 Å². The molecule has 1 rings (SSSR count). The number of nitrogens with zero attached hydrogens (tertiary/aromatic N) is 1. The fraction of sp³-hybridized carbons (Fsp3) is 0.0769. The summed E-state index contributed by atoms with van der Waals surface area (Å²) in [7, 11) is 1.62. The highest BCUT2D eigenvalue weighted by atomic mass is 19.1. The van der Waals surface area contributed by atoms with E-state index in [-0.39, 0.29) is 5.56 Å². The first kappa shape index (κ1) is 12.8. The van der Waals surface area contributed by atoms with Gasteiger partial charge in [-0.2, -0.15) is 0 Å². The van der Waals surface area contributed by atoms with Gasteiger partial charge in [0.05, 0.1) is 5.56 Å². The van der Waals surface area contributed by atoms with E-state index in [4.69, 9.17) is 5.11 Å². The minimum absolute atomic E-state index is 0.346. The number of halogens is 1. The van der Waals surface area contributed by atoms with Gasteiger partial charge in [-0.15, -0.1) is 0 Å². The fourth-order valence-electron chi connectivity index (χ4n) is 1.31. The summed E-state index contributed by atoms with van der Waals surface area (Å²) < 4.78 is 13.4. The van der Waals surface area contributed by atoms with Crippen LogP contribution in [-0.2, 0) is 0 Å². The topological polar surface area (TPSA) is 49.7 Å². The lowest BCUT2D eigenvalue weighted by molar-refractivity contribution is 0.0692. The van der Waals surface area contributed by atoms with Gasteiger partial charge in [0, 0.05) is 13.3 Å². The maximum absolute atomic E-state index is 13.4. The van der Waals surface area contributed by atoms with E-state index in [1.54, 1.807) is 25.4 Å². The Kier molecular flexibility index (Phi) is 4.34. The number of aromatic carboxylic acids is 1. The lowest BCUT2D eigenvalue weighted by Gasteiger charge is -2.03. The van der Waals surface area contributed by atoms with Crippen LogP contribution in [0, 0.1) is 5.82 Å². The summed E-state index contributed by atoms with van der Waals surface area (Å²) in [6.07, 6.45) is 4.78. The third-order valence-electron chi connectivity index (χ3n) is 2.16. The van der Waals surface area contributed by atoms with Crippen molar-refractivity contribution in [3.8, 4) is 0 Å². The van der Waals surface area contributed by atoms with Gasteiger partial charge in [-0.3, -0.25) is 4.99 Å². The first-order valence-electron chi connectivity index (χ1n) is 4.88. The molecule has 88 valence electrons. The molecule has 0 fully saturated rings. The maximum Gasteiger partial charge on any atom is 0.338 e. The molecule has 3 nitrogen and oxygen atoms in total. The van der Waals surface area contributed by atoms with E-state index in [2.05, 4.69) is 11.6 Å². The Labute approximate surface area is 98.6 Å². The number of aliphatic imine (C=N–C) groups is 1. The largest absolute Gasteiger partial charge is 0.478 e. The Hall–Kier alpha value is -2.23. The summed E-state index contributed by atoms with van der Waals surface area (Å²) in [5, 5.41) is 8.70. The van der Waals surface area contributed by atoms with Crippen LogP contribution >= 0.6 is 0 Å². The molecular formula is C13H12FNO2. The lowest BCUT2D eigenvalue weighted by atomic mass is 10.0. The molecule has 0 saturated heterocycles. The Bertz CT molecular complexity index is 504. The second kappa shape index (κ2) is 5.75. The van der Waals surface area contributed by atoms with Gasteiger partial charge in [-0.05, 0) is 29.3 Å². The smallest absolute Gasteiger partial charge is 0.338 e. The number of hydrogen-bond acceptors (Lipinski definition) is 2. The highest BCUT2D eigenvalue weighted by Crippen LogP contribution is 2.18. The van der Waals surface area contributed by atoms with Crippen molar-refractivity contribution in [2.24, 2.45) is 4.99 Å². The van der Waals surface area contributed by atoms with Crippen molar-refractivity contribution < 1.29 is 14.3 Å². The standard InChI is InChI=1S/C13H12FNO2/c1-3-9(6-7-15-2)10-4-5-11(13(16)17)12(14)8-10/h3-8H,1H2,2H3,(H,16,17)/b9-6+,15-7?.